The molecule has 0 bridgehead atoms. The molecule has 0 unspecified atom stereocenters. The van der Waals surface area contributed by atoms with Gasteiger partial charge in [0.1, 0.15) is 108 Å². The van der Waals surface area contributed by atoms with Crippen LogP contribution in [-0.4, -0.2) is 19.9 Å². The highest BCUT2D eigenvalue weighted by molar-refractivity contribution is 6.19. The number of hydrogen-bond acceptors (Lipinski definition) is 22. The van der Waals surface area contributed by atoms with Gasteiger partial charge in [0.25, 0.3) is 0 Å². The molecule has 0 radical (unpaired) electrons. The van der Waals surface area contributed by atoms with Crippen LogP contribution in [0.2, 0.25) is 0 Å². The summed E-state index contributed by atoms with van der Waals surface area (Å²) in [7, 11) is 0. The highest BCUT2D eigenvalue weighted by atomic mass is 19.4. The Hall–Kier alpha value is -18.8. The Bertz CT molecular complexity index is 7530. The zero-order valence-corrected chi connectivity index (χ0v) is 56.6. The number of oxazole rings is 4. The first-order chi connectivity index (χ1) is 55.7. The lowest BCUT2D eigenvalue weighted by molar-refractivity contribution is -0.143. The lowest BCUT2D eigenvalue weighted by atomic mass is 9.84. The molecule has 0 fully saturated rings. The number of rotatable bonds is 2. The Balaban J connectivity index is 0.000000163. The predicted molar refractivity (Wildman–Crippen MR) is 366 cm³/mol. The van der Waals surface area contributed by atoms with Crippen LogP contribution in [0.5, 0.6) is 0 Å². The SMILES string of the molecule is N#CC(C#N)=c1nc2c(ccc3oc(=C(C#N)C#N)nc32)o1.N#CC(C#N)=c1nc2c(o1)c(F)c(F)c1oc(=C(C#N)C#N)nc12.[C-]#[N+]C([N+]#[C-])=c1cc2c(-c3ccc(C(F)(F)F)cc3C)c(-c3ccc(C(F)(F)F)cc3C(F)(F)F)c3c/c(=C(\C#N)[N+]#[C-])oc3c2o1.[C-]#[N+]C([N+]#[C-])=c1cc2c(F)c(F)c3c/c(=C(\C#N)[N+]#[C-])oc3c2o1. The van der Waals surface area contributed by atoms with Crippen molar-refractivity contribution in [1.82, 2.24) is 19.9 Å². The lowest BCUT2D eigenvalue weighted by Crippen LogP contribution is -2.12. The second-order valence-electron chi connectivity index (χ2n) is 22.5. The van der Waals surface area contributed by atoms with Crippen molar-refractivity contribution < 1.29 is 92.4 Å². The van der Waals surface area contributed by atoms with Crippen LogP contribution in [0.1, 0.15) is 22.3 Å². The van der Waals surface area contributed by atoms with Crippen LogP contribution in [0.25, 0.3) is 185 Å². The summed E-state index contributed by atoms with van der Waals surface area (Å²) in [4.78, 5) is 33.6. The van der Waals surface area contributed by atoms with Gasteiger partial charge in [0.2, 0.25) is 44.6 Å². The first kappa shape index (κ1) is 79.3. The Morgan fingerprint density at radius 3 is 0.991 bits per heavy atom. The summed E-state index contributed by atoms with van der Waals surface area (Å²) in [5, 5.41) is 87.7. The molecule has 0 saturated carbocycles. The van der Waals surface area contributed by atoms with E-state index in [0.29, 0.717) is 35.4 Å². The number of nitrogens with zero attached hydrogens (tertiary/aromatic N) is 20. The van der Waals surface area contributed by atoms with Gasteiger partial charge in [-0.05, 0) is 84.3 Å². The molecule has 14 rings (SSSR count). The largest absolute Gasteiger partial charge is 0.562 e. The fraction of sp³-hybridized carbons (Fsp3) is 0.0526. The van der Waals surface area contributed by atoms with Gasteiger partial charge in [-0.3, -0.25) is 0 Å². The summed E-state index contributed by atoms with van der Waals surface area (Å²) in [5.74, 6) is -6.51. The summed E-state index contributed by atoms with van der Waals surface area (Å²) in [5.41, 5.74) is -13.7. The van der Waals surface area contributed by atoms with E-state index in [1.807, 2.05) is 0 Å². The van der Waals surface area contributed by atoms with Crippen LogP contribution in [0.4, 0.5) is 57.1 Å². The molecule has 0 saturated heterocycles. The molecule has 117 heavy (non-hydrogen) atoms. The third kappa shape index (κ3) is 14.1. The molecular formula is C76H15F13N20O8. The highest BCUT2D eigenvalue weighted by Crippen LogP contribution is 2.50. The van der Waals surface area contributed by atoms with Gasteiger partial charge in [-0.15, -0.1) is 0 Å². The van der Waals surface area contributed by atoms with Crippen LogP contribution in [0.3, 0.4) is 0 Å². The minimum absolute atomic E-state index is 0.119. The molecule has 0 aliphatic carbocycles. The number of furan rings is 4. The average Bonchev–Trinajstić information content (AvgIpc) is 1.58. The second kappa shape index (κ2) is 30.7. The number of fused-ring (bicyclic) bond motifs is 12. The third-order valence-corrected chi connectivity index (χ3v) is 16.0. The highest BCUT2D eigenvalue weighted by Gasteiger charge is 2.41. The fourth-order valence-corrected chi connectivity index (χ4v) is 11.0. The Kier molecular flexibility index (Phi) is 20.8. The number of alkyl halides is 9. The zero-order chi connectivity index (χ0) is 85.2. The van der Waals surface area contributed by atoms with Crippen LogP contribution in [0, 0.1) is 183 Å². The average molecular weight is 1580 g/mol. The van der Waals surface area contributed by atoms with Crippen LogP contribution in [-0.2, 0) is 18.5 Å². The van der Waals surface area contributed by atoms with E-state index in [1.165, 1.54) is 43.3 Å². The van der Waals surface area contributed by atoms with Crippen molar-refractivity contribution in [1.29, 1.82) is 52.6 Å². The molecule has 28 nitrogen and oxygen atoms in total. The van der Waals surface area contributed by atoms with Gasteiger partial charge in [0.05, 0.1) is 52.7 Å². The van der Waals surface area contributed by atoms with Crippen molar-refractivity contribution in [3.8, 4) is 82.9 Å². The summed E-state index contributed by atoms with van der Waals surface area (Å²) in [6.07, 6.45) is -15.4. The fourth-order valence-electron chi connectivity index (χ4n) is 11.0. The van der Waals surface area contributed by atoms with Gasteiger partial charge in [-0.2, -0.15) is 110 Å². The smallest absolute Gasteiger partial charge is 0.463 e. The van der Waals surface area contributed by atoms with Crippen LogP contribution < -0.4 is 43.8 Å². The van der Waals surface area contributed by atoms with Crippen LogP contribution >= 0.6 is 0 Å². The van der Waals surface area contributed by atoms with Gasteiger partial charge in [0.15, 0.2) is 78.6 Å². The molecular weight excluding hydrogens is 1570 g/mol. The number of aryl methyl sites for hydroxylation is 1. The van der Waals surface area contributed by atoms with Crippen molar-refractivity contribution >= 4 is 134 Å². The summed E-state index contributed by atoms with van der Waals surface area (Å²) in [6, 6.07) is 26.2. The maximum Gasteiger partial charge on any atom is 0.562 e. The molecule has 6 aromatic carbocycles. The lowest BCUT2D eigenvalue weighted by Gasteiger charge is -2.21. The molecule has 0 aliphatic rings. The Labute approximate surface area is 635 Å². The van der Waals surface area contributed by atoms with Gasteiger partial charge >= 0.3 is 41.6 Å². The van der Waals surface area contributed by atoms with Crippen molar-refractivity contribution in [3.63, 3.8) is 0 Å². The van der Waals surface area contributed by atoms with Crippen molar-refractivity contribution in [2.24, 2.45) is 0 Å². The maximum absolute atomic E-state index is 14.6. The Morgan fingerprint density at radius 2 is 0.650 bits per heavy atom. The third-order valence-electron chi connectivity index (χ3n) is 16.0. The second-order valence-corrected chi connectivity index (χ2v) is 22.5. The molecule has 14 aromatic rings. The van der Waals surface area contributed by atoms with E-state index in [-0.39, 0.29) is 116 Å². The first-order valence-electron chi connectivity index (χ1n) is 30.6. The normalized spacial score (nSPS) is 11.3. The maximum atomic E-state index is 14.6. The quantitative estimate of drug-likeness (QED) is 0.115. The number of nitriles is 10. The Morgan fingerprint density at radius 1 is 0.333 bits per heavy atom. The predicted octanol–water partition coefficient (Wildman–Crippen LogP) is 13.3. The molecule has 0 atom stereocenters. The monoisotopic (exact) mass is 1580 g/mol. The van der Waals surface area contributed by atoms with E-state index in [9.17, 15) is 62.3 Å². The van der Waals surface area contributed by atoms with E-state index in [1.54, 1.807) is 36.4 Å². The minimum Gasteiger partial charge on any atom is -0.463 e. The summed E-state index contributed by atoms with van der Waals surface area (Å²) in [6.45, 7) is 43.8. The number of aromatic nitrogens is 4. The molecule has 8 heterocycles. The van der Waals surface area contributed by atoms with Crippen molar-refractivity contribution in [3.05, 3.63) is 231 Å². The van der Waals surface area contributed by atoms with E-state index in [0.717, 1.165) is 30.3 Å². The molecule has 0 spiro atoms. The number of hydrogen-bond donors (Lipinski definition) is 0. The standard InChI is InChI=1S/C32H11F9N4O2.C16H2F2N4O2.C14F2N6O2.C14H2N6O2/c1-14-9-15(30(33,34)35)5-7-17(14)25-20-12-24(29(44-3)45-4)47-28(20)27-19(11-23(46-27)22(13-42)43-2)26(25)18-8-6-16(31(36,37)38)10-21(18)32(39,40)41;1-20-9(6-19)10-4-7-12(17)13(18)8-5-11(16(21-2)22-3)24-15(8)14(7)23-10;15-7-8(16)12-10(22-14(24-12)6(3-19)4-20)9-11(7)23-13(21-9)5(1-17)2-18;15-3-7(4-16)13-19-11-9(21-13)1-2-10-12(11)20-14(22-10)8(5-17)6-18/h5-12H,1H3;4-5H;;1-2H/b23-22-;10-9-;;. The van der Waals surface area contributed by atoms with Gasteiger partial charge in [-0.25, -0.2) is 48.9 Å². The van der Waals surface area contributed by atoms with E-state index in [2.05, 4.69) is 49.0 Å². The number of benzene rings is 6. The molecule has 0 amide bonds. The topological polar surface area (TPSA) is 421 Å². The van der Waals surface area contributed by atoms with Crippen molar-refractivity contribution in [2.75, 3.05) is 0 Å². The first-order valence-corrected chi connectivity index (χ1v) is 30.6. The molecule has 0 aliphatic heterocycles. The summed E-state index contributed by atoms with van der Waals surface area (Å²) < 4.78 is 224. The molecule has 8 aromatic heterocycles. The van der Waals surface area contributed by atoms with E-state index < -0.39 is 142 Å². The minimum atomic E-state index is -5.41. The van der Waals surface area contributed by atoms with Gasteiger partial charge in [0, 0.05) is 21.9 Å². The van der Waals surface area contributed by atoms with Crippen LogP contribution in [0.15, 0.2) is 108 Å². The molecule has 0 N–H and O–H groups in total. The van der Waals surface area contributed by atoms with E-state index >= 15 is 0 Å². The zero-order valence-electron chi connectivity index (χ0n) is 56.6. The van der Waals surface area contributed by atoms with Gasteiger partial charge in [-0.1, -0.05) is 12.1 Å². The summed E-state index contributed by atoms with van der Waals surface area (Å²) >= 11 is 0. The molecule has 41 heteroatoms. The van der Waals surface area contributed by atoms with Crippen molar-refractivity contribution in [2.45, 2.75) is 25.5 Å². The van der Waals surface area contributed by atoms with E-state index in [4.69, 9.17) is 122 Å². The number of halogens is 13. The van der Waals surface area contributed by atoms with Gasteiger partial charge < -0.3 is 35.3 Å². The molecule has 558 valence electrons.